The monoisotopic (exact) mass is 684 g/mol. The molecule has 2 aliphatic heterocycles. The van der Waals surface area contributed by atoms with Gasteiger partial charge >= 0.3 is 5.97 Å². The summed E-state index contributed by atoms with van der Waals surface area (Å²) in [5, 5.41) is -0.100. The molecule has 47 heavy (non-hydrogen) atoms. The zero-order valence-corrected chi connectivity index (χ0v) is 28.9. The van der Waals surface area contributed by atoms with Crippen LogP contribution in [0.2, 0.25) is 5.02 Å². The van der Waals surface area contributed by atoms with Crippen LogP contribution < -0.4 is 14.4 Å². The Hall–Kier alpha value is -3.08. The first-order valence-corrected chi connectivity index (χ1v) is 18.7. The maximum absolute atomic E-state index is 13.5. The van der Waals surface area contributed by atoms with Crippen LogP contribution in [0.15, 0.2) is 48.6 Å². The van der Waals surface area contributed by atoms with E-state index in [1.165, 1.54) is 11.1 Å². The lowest BCUT2D eigenvalue weighted by Crippen LogP contribution is -2.50. The molecule has 11 heteroatoms. The number of nitrogens with one attached hydrogen (secondary N) is 1. The number of esters is 1. The third kappa shape index (κ3) is 7.06. The van der Waals surface area contributed by atoms with E-state index >= 15 is 0 Å². The first-order valence-electron chi connectivity index (χ1n) is 16.8. The van der Waals surface area contributed by atoms with Gasteiger partial charge in [-0.25, -0.2) is 17.9 Å². The van der Waals surface area contributed by atoms with Crippen molar-refractivity contribution < 1.29 is 32.2 Å². The zero-order chi connectivity index (χ0) is 33.3. The van der Waals surface area contributed by atoms with Crippen molar-refractivity contribution in [3.63, 3.8) is 0 Å². The molecule has 1 fully saturated rings. The van der Waals surface area contributed by atoms with Crippen molar-refractivity contribution in [2.45, 2.75) is 76.1 Å². The number of anilines is 1. The van der Waals surface area contributed by atoms with E-state index in [-0.39, 0.29) is 48.0 Å². The molecule has 1 amide bonds. The number of nitrogens with zero attached hydrogens (tertiary/aromatic N) is 1. The zero-order valence-electron chi connectivity index (χ0n) is 27.4. The Kier molecular flexibility index (Phi) is 9.93. The largest absolute Gasteiger partial charge is 0.490 e. The smallest absolute Gasteiger partial charge is 0.332 e. The average Bonchev–Trinajstić information content (AvgIpc) is 3.17. The van der Waals surface area contributed by atoms with Gasteiger partial charge in [-0.05, 0) is 112 Å². The topological polar surface area (TPSA) is 111 Å². The molecule has 2 aromatic rings. The van der Waals surface area contributed by atoms with Crippen molar-refractivity contribution in [3.05, 3.63) is 70.3 Å². The summed E-state index contributed by atoms with van der Waals surface area (Å²) in [5.74, 6) is -0.260. The summed E-state index contributed by atoms with van der Waals surface area (Å²) in [7, 11) is -3.97. The summed E-state index contributed by atoms with van der Waals surface area (Å²) in [6.45, 7) is 7.21. The van der Waals surface area contributed by atoms with Gasteiger partial charge in [0.15, 0.2) is 0 Å². The summed E-state index contributed by atoms with van der Waals surface area (Å²) < 4.78 is 46.9. The van der Waals surface area contributed by atoms with Crippen LogP contribution in [0.3, 0.4) is 0 Å². The van der Waals surface area contributed by atoms with Gasteiger partial charge in [0.2, 0.25) is 10.0 Å². The van der Waals surface area contributed by atoms with Gasteiger partial charge in [0.05, 0.1) is 30.3 Å². The fourth-order valence-corrected chi connectivity index (χ4v) is 9.17. The molecule has 6 atom stereocenters. The summed E-state index contributed by atoms with van der Waals surface area (Å²) in [4.78, 5) is 28.1. The van der Waals surface area contributed by atoms with E-state index in [1.807, 2.05) is 25.1 Å². The maximum Gasteiger partial charge on any atom is 0.332 e. The van der Waals surface area contributed by atoms with E-state index in [1.54, 1.807) is 32.0 Å². The maximum atomic E-state index is 13.5. The predicted molar refractivity (Wildman–Crippen MR) is 182 cm³/mol. The van der Waals surface area contributed by atoms with Gasteiger partial charge in [0, 0.05) is 29.1 Å². The van der Waals surface area contributed by atoms with Gasteiger partial charge in [-0.2, -0.15) is 0 Å². The van der Waals surface area contributed by atoms with Gasteiger partial charge < -0.3 is 19.1 Å². The van der Waals surface area contributed by atoms with Crippen LogP contribution in [0.1, 0.15) is 74.4 Å². The van der Waals surface area contributed by atoms with E-state index in [0.29, 0.717) is 31.9 Å². The molecule has 2 aliphatic carbocycles. The van der Waals surface area contributed by atoms with Gasteiger partial charge in [-0.1, -0.05) is 36.7 Å². The number of hydrogen-bond donors (Lipinski definition) is 1. The minimum Gasteiger partial charge on any atom is -0.490 e. The Morgan fingerprint density at radius 2 is 2.00 bits per heavy atom. The molecule has 0 aromatic heterocycles. The number of amides is 1. The minimum absolute atomic E-state index is 0.148. The van der Waals surface area contributed by atoms with E-state index < -0.39 is 27.1 Å². The Bertz CT molecular complexity index is 1650. The molecule has 9 nitrogen and oxygen atoms in total. The number of carbonyl (C=O) groups is 2. The fourth-order valence-electron chi connectivity index (χ4n) is 7.69. The first-order chi connectivity index (χ1) is 22.5. The van der Waals surface area contributed by atoms with E-state index in [0.717, 1.165) is 42.8 Å². The Morgan fingerprint density at radius 1 is 1.17 bits per heavy atom. The number of benzene rings is 2. The second kappa shape index (κ2) is 13.8. The molecule has 1 spiro atoms. The van der Waals surface area contributed by atoms with Crippen LogP contribution in [0, 0.1) is 17.8 Å². The second-order valence-electron chi connectivity index (χ2n) is 13.7. The number of rotatable bonds is 4. The van der Waals surface area contributed by atoms with Crippen molar-refractivity contribution in [1.29, 1.82) is 0 Å². The van der Waals surface area contributed by atoms with Crippen LogP contribution in [0.5, 0.6) is 5.75 Å². The van der Waals surface area contributed by atoms with Crippen LogP contribution in [0.4, 0.5) is 5.69 Å². The lowest BCUT2D eigenvalue weighted by Gasteiger charge is -2.46. The standard InChI is InChI=1S/C36H45ClN2O7S/c1-4-44-34(40)20-45-32-9-5-7-23(2)24(3)47(42,43)38-35(41)26-11-15-33-31(18-26)39(19-27-10-13-29(27)32)21-36(22-46-33)16-6-8-25-17-28(37)12-14-30(25)36/h5,9,11-12,14-15,17-18,23-24,27,29,32H,4,6-8,10,13,16,19-22H2,1-3H3,(H,38,41)/b9-5-/t23-,24-,27-,29+,32-,36-/m0/s1. The molecule has 1 N–H and O–H groups in total. The van der Waals surface area contributed by atoms with Crippen LogP contribution >= 0.6 is 11.6 Å². The number of allylic oxidation sites excluding steroid dienone is 1. The number of carbonyl (C=O) groups excluding carboxylic acids is 2. The number of sulfonamides is 1. The van der Waals surface area contributed by atoms with Crippen molar-refractivity contribution in [2.24, 2.45) is 17.8 Å². The lowest BCUT2D eigenvalue weighted by atomic mass is 9.68. The van der Waals surface area contributed by atoms with Gasteiger partial charge in [0.1, 0.15) is 12.4 Å². The molecule has 0 radical (unpaired) electrons. The molecule has 1 saturated carbocycles. The minimum atomic E-state index is -3.97. The molecular formula is C36H45ClN2O7S. The SMILES string of the molecule is CCOC(=O)CO[C@H]1/C=C\C[C@H](C)[C@H](C)S(=O)(=O)NC(=O)c2ccc3c(c2)N(C[C@@H]2CC[C@H]21)C[C@@]1(CCCc2cc(Cl)ccc21)CO3. The molecular weight excluding hydrogens is 640 g/mol. The summed E-state index contributed by atoms with van der Waals surface area (Å²) in [5.41, 5.74) is 3.21. The number of aryl methyl sites for hydroxylation is 1. The fraction of sp³-hybridized carbons (Fsp3) is 0.556. The lowest BCUT2D eigenvalue weighted by molar-refractivity contribution is -0.151. The number of halogens is 1. The van der Waals surface area contributed by atoms with Crippen LogP contribution in [-0.4, -0.2) is 64.6 Å². The third-order valence-corrected chi connectivity index (χ3v) is 12.9. The molecule has 4 aliphatic rings. The highest BCUT2D eigenvalue weighted by Gasteiger charge is 2.44. The van der Waals surface area contributed by atoms with Gasteiger partial charge in [0.25, 0.3) is 5.91 Å². The highest BCUT2D eigenvalue weighted by Crippen LogP contribution is 2.47. The summed E-state index contributed by atoms with van der Waals surface area (Å²) in [6.07, 6.45) is 8.92. The van der Waals surface area contributed by atoms with E-state index in [2.05, 4.69) is 21.8 Å². The summed E-state index contributed by atoms with van der Waals surface area (Å²) >= 11 is 6.42. The number of fused-ring (bicyclic) bond motifs is 4. The first kappa shape index (κ1) is 33.8. The van der Waals surface area contributed by atoms with Crippen molar-refractivity contribution in [1.82, 2.24) is 4.72 Å². The second-order valence-corrected chi connectivity index (χ2v) is 16.2. The highest BCUT2D eigenvalue weighted by molar-refractivity contribution is 7.90. The van der Waals surface area contributed by atoms with Crippen molar-refractivity contribution in [3.8, 4) is 5.75 Å². The molecule has 0 unspecified atom stereocenters. The van der Waals surface area contributed by atoms with E-state index in [9.17, 15) is 18.0 Å². The van der Waals surface area contributed by atoms with Gasteiger partial charge in [-0.3, -0.25) is 4.79 Å². The molecule has 2 bridgehead atoms. The molecule has 0 saturated heterocycles. The molecule has 2 aromatic carbocycles. The van der Waals surface area contributed by atoms with Gasteiger partial charge in [-0.15, -0.1) is 0 Å². The normalized spacial score (nSPS) is 30.9. The number of hydrogen-bond acceptors (Lipinski definition) is 8. The summed E-state index contributed by atoms with van der Waals surface area (Å²) in [6, 6.07) is 11.3. The highest BCUT2D eigenvalue weighted by atomic mass is 35.5. The molecule has 6 rings (SSSR count). The van der Waals surface area contributed by atoms with Crippen LogP contribution in [0.25, 0.3) is 0 Å². The quantitative estimate of drug-likeness (QED) is 0.316. The average molecular weight is 685 g/mol. The molecule has 2 heterocycles. The third-order valence-electron chi connectivity index (χ3n) is 10.7. The Morgan fingerprint density at radius 3 is 2.77 bits per heavy atom. The predicted octanol–water partition coefficient (Wildman–Crippen LogP) is 5.83. The number of ether oxygens (including phenoxy) is 3. The van der Waals surface area contributed by atoms with Crippen LogP contribution in [-0.2, 0) is 36.1 Å². The Labute approximate surface area is 283 Å². The van der Waals surface area contributed by atoms with E-state index in [4.69, 9.17) is 25.8 Å². The van der Waals surface area contributed by atoms with Crippen molar-refractivity contribution in [2.75, 3.05) is 37.8 Å². The Balaban J connectivity index is 1.40. The molecule has 254 valence electrons. The van der Waals surface area contributed by atoms with Crippen molar-refractivity contribution >= 4 is 39.2 Å².